The van der Waals surface area contributed by atoms with E-state index in [-0.39, 0.29) is 24.2 Å². The van der Waals surface area contributed by atoms with Crippen LogP contribution in [0.15, 0.2) is 48.5 Å². The first-order valence-corrected chi connectivity index (χ1v) is 7.91. The quantitative estimate of drug-likeness (QED) is 0.597. The maximum absolute atomic E-state index is 12.0. The molecule has 0 spiro atoms. The van der Waals surface area contributed by atoms with Gasteiger partial charge in [-0.1, -0.05) is 12.1 Å². The van der Waals surface area contributed by atoms with Crippen LogP contribution in [0.5, 0.6) is 0 Å². The van der Waals surface area contributed by atoms with Crippen molar-refractivity contribution in [1.29, 1.82) is 0 Å². The molecule has 2 aromatic carbocycles. The second-order valence-electron chi connectivity index (χ2n) is 5.34. The zero-order valence-electron chi connectivity index (χ0n) is 14.2. The molecule has 0 atom stereocenters. The summed E-state index contributed by atoms with van der Waals surface area (Å²) < 4.78 is 4.91. The van der Waals surface area contributed by atoms with Crippen molar-refractivity contribution < 1.29 is 19.1 Å². The number of anilines is 2. The van der Waals surface area contributed by atoms with Crippen molar-refractivity contribution in [3.63, 3.8) is 0 Å². The highest BCUT2D eigenvalue weighted by atomic mass is 16.5. The maximum Gasteiger partial charge on any atom is 0.338 e. The molecule has 0 aliphatic carbocycles. The van der Waals surface area contributed by atoms with E-state index in [1.165, 1.54) is 6.92 Å². The third-order valence-corrected chi connectivity index (χ3v) is 3.40. The van der Waals surface area contributed by atoms with Gasteiger partial charge in [-0.2, -0.15) is 0 Å². The van der Waals surface area contributed by atoms with Crippen LogP contribution < -0.4 is 10.6 Å². The highest BCUT2D eigenvalue weighted by molar-refractivity contribution is 5.98. The molecule has 0 unspecified atom stereocenters. The van der Waals surface area contributed by atoms with E-state index in [9.17, 15) is 14.4 Å². The number of rotatable bonds is 7. The van der Waals surface area contributed by atoms with Crippen molar-refractivity contribution in [2.75, 3.05) is 23.8 Å². The number of esters is 1. The van der Waals surface area contributed by atoms with Gasteiger partial charge >= 0.3 is 5.97 Å². The van der Waals surface area contributed by atoms with Crippen LogP contribution in [0.3, 0.4) is 0 Å². The molecular weight excluding hydrogens is 320 g/mol. The van der Waals surface area contributed by atoms with Crippen molar-refractivity contribution in [2.45, 2.75) is 13.8 Å². The molecule has 0 aliphatic rings. The molecule has 0 fully saturated rings. The topological polar surface area (TPSA) is 84.5 Å². The normalized spacial score (nSPS) is 10.0. The molecule has 0 bridgehead atoms. The van der Waals surface area contributed by atoms with E-state index >= 15 is 0 Å². The number of hydrogen-bond donors (Lipinski definition) is 2. The zero-order valence-corrected chi connectivity index (χ0v) is 14.2. The minimum Gasteiger partial charge on any atom is -0.462 e. The number of hydrogen-bond acceptors (Lipinski definition) is 5. The number of carbonyl (C=O) groups excluding carboxylic acids is 3. The van der Waals surface area contributed by atoms with Crippen molar-refractivity contribution in [1.82, 2.24) is 0 Å². The molecule has 0 heterocycles. The molecule has 6 nitrogen and oxygen atoms in total. The highest BCUT2D eigenvalue weighted by Crippen LogP contribution is 2.12. The van der Waals surface area contributed by atoms with Crippen LogP contribution in [-0.4, -0.2) is 30.8 Å². The molecule has 2 N–H and O–H groups in total. The fourth-order valence-corrected chi connectivity index (χ4v) is 2.14. The summed E-state index contributed by atoms with van der Waals surface area (Å²) in [6, 6.07) is 13.4. The number of benzene rings is 2. The number of Topliss-reactive ketones (excluding diaryl/α,β-unsaturated/α-hetero) is 1. The number of amides is 1. The standard InChI is InChI=1S/C19H20N2O4/c1-3-25-19(24)14-7-9-16(10-8-14)20-12-18(23)21-17-6-4-5-15(11-17)13(2)22/h4-11,20H,3,12H2,1-2H3,(H,21,23). The molecule has 25 heavy (non-hydrogen) atoms. The Morgan fingerprint density at radius 3 is 2.32 bits per heavy atom. The van der Waals surface area contributed by atoms with Gasteiger partial charge in [0.1, 0.15) is 0 Å². The molecular formula is C19H20N2O4. The van der Waals surface area contributed by atoms with Gasteiger partial charge < -0.3 is 15.4 Å². The lowest BCUT2D eigenvalue weighted by Gasteiger charge is -2.09. The molecule has 0 saturated carbocycles. The minimum absolute atomic E-state index is 0.0586. The molecule has 1 amide bonds. The van der Waals surface area contributed by atoms with Crippen LogP contribution in [0, 0.1) is 0 Å². The molecule has 130 valence electrons. The van der Waals surface area contributed by atoms with Crippen LogP contribution in [-0.2, 0) is 9.53 Å². The number of ketones is 1. The smallest absolute Gasteiger partial charge is 0.338 e. The molecule has 2 aromatic rings. The van der Waals surface area contributed by atoms with Crippen molar-refractivity contribution in [2.24, 2.45) is 0 Å². The van der Waals surface area contributed by atoms with Crippen LogP contribution in [0.2, 0.25) is 0 Å². The average molecular weight is 340 g/mol. The van der Waals surface area contributed by atoms with Gasteiger partial charge in [-0.3, -0.25) is 9.59 Å². The summed E-state index contributed by atoms with van der Waals surface area (Å²) in [6.45, 7) is 3.61. The van der Waals surface area contributed by atoms with E-state index in [2.05, 4.69) is 10.6 Å². The van der Waals surface area contributed by atoms with E-state index < -0.39 is 0 Å². The number of nitrogens with one attached hydrogen (secondary N) is 2. The van der Waals surface area contributed by atoms with Gasteiger partial charge in [-0.25, -0.2) is 4.79 Å². The summed E-state index contributed by atoms with van der Waals surface area (Å²) in [4.78, 5) is 34.9. The lowest BCUT2D eigenvalue weighted by atomic mass is 10.1. The lowest BCUT2D eigenvalue weighted by molar-refractivity contribution is -0.114. The minimum atomic E-state index is -0.378. The van der Waals surface area contributed by atoms with Crippen LogP contribution >= 0.6 is 0 Å². The third kappa shape index (κ3) is 5.46. The van der Waals surface area contributed by atoms with Gasteiger partial charge in [0, 0.05) is 16.9 Å². The number of carbonyl (C=O) groups is 3. The van der Waals surface area contributed by atoms with Gasteiger partial charge in [0.25, 0.3) is 0 Å². The predicted octanol–water partition coefficient (Wildman–Crippen LogP) is 3.12. The Balaban J connectivity index is 1.88. The molecule has 0 saturated heterocycles. The Labute approximate surface area is 146 Å². The Morgan fingerprint density at radius 2 is 1.68 bits per heavy atom. The van der Waals surface area contributed by atoms with Crippen molar-refractivity contribution >= 4 is 29.0 Å². The van der Waals surface area contributed by atoms with E-state index in [1.807, 2.05) is 0 Å². The molecule has 0 radical (unpaired) electrons. The van der Waals surface area contributed by atoms with Gasteiger partial charge in [-0.15, -0.1) is 0 Å². The first-order valence-electron chi connectivity index (χ1n) is 7.91. The number of ether oxygens (including phenoxy) is 1. The van der Waals surface area contributed by atoms with Crippen molar-refractivity contribution in [3.05, 3.63) is 59.7 Å². The van der Waals surface area contributed by atoms with E-state index in [0.29, 0.717) is 29.1 Å². The maximum atomic E-state index is 12.0. The van der Waals surface area contributed by atoms with E-state index in [0.717, 1.165) is 0 Å². The lowest BCUT2D eigenvalue weighted by Crippen LogP contribution is -2.21. The molecule has 6 heteroatoms. The summed E-state index contributed by atoms with van der Waals surface area (Å²) in [5.41, 5.74) is 2.27. The van der Waals surface area contributed by atoms with Crippen LogP contribution in [0.1, 0.15) is 34.6 Å². The van der Waals surface area contributed by atoms with Crippen LogP contribution in [0.25, 0.3) is 0 Å². The second kappa shape index (κ2) is 8.63. The summed E-state index contributed by atoms with van der Waals surface area (Å²) in [5.74, 6) is -0.678. The zero-order chi connectivity index (χ0) is 18.2. The fourth-order valence-electron chi connectivity index (χ4n) is 2.14. The van der Waals surface area contributed by atoms with E-state index in [1.54, 1.807) is 55.5 Å². The SMILES string of the molecule is CCOC(=O)c1ccc(NCC(=O)Nc2cccc(C(C)=O)c2)cc1. The summed E-state index contributed by atoms with van der Waals surface area (Å²) >= 11 is 0. The summed E-state index contributed by atoms with van der Waals surface area (Å²) in [5, 5.41) is 5.70. The average Bonchev–Trinajstić information content (AvgIpc) is 2.61. The van der Waals surface area contributed by atoms with Gasteiger partial charge in [0.15, 0.2) is 5.78 Å². The predicted molar refractivity (Wildman–Crippen MR) is 96.0 cm³/mol. The van der Waals surface area contributed by atoms with Crippen LogP contribution in [0.4, 0.5) is 11.4 Å². The Morgan fingerprint density at radius 1 is 0.960 bits per heavy atom. The fraction of sp³-hybridized carbons (Fsp3) is 0.211. The first kappa shape index (κ1) is 18.2. The van der Waals surface area contributed by atoms with E-state index in [4.69, 9.17) is 4.74 Å². The molecule has 2 rings (SSSR count). The summed E-state index contributed by atoms with van der Waals surface area (Å²) in [6.07, 6.45) is 0. The largest absolute Gasteiger partial charge is 0.462 e. The molecule has 0 aromatic heterocycles. The van der Waals surface area contributed by atoms with Gasteiger partial charge in [0.2, 0.25) is 5.91 Å². The monoisotopic (exact) mass is 340 g/mol. The Hall–Kier alpha value is -3.15. The van der Waals surface area contributed by atoms with Crippen molar-refractivity contribution in [3.8, 4) is 0 Å². The Kier molecular flexibility index (Phi) is 6.28. The third-order valence-electron chi connectivity index (χ3n) is 3.40. The Bertz CT molecular complexity index is 769. The van der Waals surface area contributed by atoms with Gasteiger partial charge in [0.05, 0.1) is 18.7 Å². The molecule has 0 aliphatic heterocycles. The summed E-state index contributed by atoms with van der Waals surface area (Å²) in [7, 11) is 0. The second-order valence-corrected chi connectivity index (χ2v) is 5.34. The van der Waals surface area contributed by atoms with Gasteiger partial charge in [-0.05, 0) is 50.2 Å². The highest BCUT2D eigenvalue weighted by Gasteiger charge is 2.07. The first-order chi connectivity index (χ1) is 12.0.